The Bertz CT molecular complexity index is 457. The van der Waals surface area contributed by atoms with Crippen LogP contribution in [-0.4, -0.2) is 12.6 Å². The van der Waals surface area contributed by atoms with Crippen molar-refractivity contribution in [3.8, 4) is 5.75 Å². The van der Waals surface area contributed by atoms with Gasteiger partial charge in [-0.05, 0) is 38.8 Å². The fraction of sp³-hybridized carbons (Fsp3) is 0.667. The van der Waals surface area contributed by atoms with Gasteiger partial charge in [-0.15, -0.1) is 0 Å². The second kappa shape index (κ2) is 6.17. The molecule has 1 heterocycles. The van der Waals surface area contributed by atoms with E-state index < -0.39 is 0 Å². The number of fused-ring (bicyclic) bond motifs is 1. The van der Waals surface area contributed by atoms with Crippen LogP contribution in [0.2, 0.25) is 0 Å². The van der Waals surface area contributed by atoms with Gasteiger partial charge in [-0.1, -0.05) is 44.9 Å². The molecule has 2 rings (SSSR count). The van der Waals surface area contributed by atoms with Crippen molar-refractivity contribution in [2.75, 3.05) is 7.05 Å². The number of rotatable bonds is 5. The largest absolute Gasteiger partial charge is 0.487 e. The monoisotopic (exact) mass is 275 g/mol. The number of ether oxygens (including phenoxy) is 1. The summed E-state index contributed by atoms with van der Waals surface area (Å²) in [6, 6.07) is 6.97. The quantitative estimate of drug-likeness (QED) is 0.846. The zero-order valence-electron chi connectivity index (χ0n) is 13.6. The Kier molecular flexibility index (Phi) is 4.74. The van der Waals surface area contributed by atoms with Gasteiger partial charge in [0.15, 0.2) is 0 Å². The van der Waals surface area contributed by atoms with E-state index in [1.165, 1.54) is 17.5 Å². The number of hydrogen-bond acceptors (Lipinski definition) is 2. The third kappa shape index (κ3) is 3.01. The lowest BCUT2D eigenvalue weighted by atomic mass is 9.79. The Morgan fingerprint density at radius 2 is 2.15 bits per heavy atom. The minimum absolute atomic E-state index is 0.00857. The van der Waals surface area contributed by atoms with Crippen LogP contribution in [0.3, 0.4) is 0 Å². The van der Waals surface area contributed by atoms with Gasteiger partial charge in [0.2, 0.25) is 0 Å². The van der Waals surface area contributed by atoms with Crippen molar-refractivity contribution < 1.29 is 4.74 Å². The van der Waals surface area contributed by atoms with Gasteiger partial charge in [-0.3, -0.25) is 0 Å². The smallest absolute Gasteiger partial charge is 0.124 e. The minimum atomic E-state index is -0.00857. The minimum Gasteiger partial charge on any atom is -0.487 e. The van der Waals surface area contributed by atoms with Crippen molar-refractivity contribution in [2.45, 2.75) is 65.0 Å². The molecule has 0 fully saturated rings. The second-order valence-corrected chi connectivity index (χ2v) is 6.44. The van der Waals surface area contributed by atoms with Crippen LogP contribution in [-0.2, 0) is 0 Å². The number of benzene rings is 1. The van der Waals surface area contributed by atoms with Crippen molar-refractivity contribution in [1.82, 2.24) is 5.32 Å². The van der Waals surface area contributed by atoms with E-state index in [0.29, 0.717) is 12.0 Å². The first kappa shape index (κ1) is 15.4. The lowest BCUT2D eigenvalue weighted by Gasteiger charge is -2.43. The molecule has 1 aliphatic heterocycles. The maximum atomic E-state index is 6.49. The third-order valence-corrected chi connectivity index (χ3v) is 4.85. The average Bonchev–Trinajstić information content (AvgIpc) is 2.46. The van der Waals surface area contributed by atoms with Crippen LogP contribution in [0, 0.1) is 12.8 Å². The summed E-state index contributed by atoms with van der Waals surface area (Å²) in [6.45, 7) is 9.01. The molecular weight excluding hydrogens is 246 g/mol. The summed E-state index contributed by atoms with van der Waals surface area (Å²) in [6.07, 6.45) is 4.51. The highest BCUT2D eigenvalue weighted by atomic mass is 16.5. The van der Waals surface area contributed by atoms with Crippen LogP contribution in [0.25, 0.3) is 0 Å². The molecule has 0 radical (unpaired) electrons. The topological polar surface area (TPSA) is 21.3 Å². The van der Waals surface area contributed by atoms with Crippen LogP contribution in [0.15, 0.2) is 18.2 Å². The molecule has 3 atom stereocenters. The van der Waals surface area contributed by atoms with Crippen molar-refractivity contribution in [3.63, 3.8) is 0 Å². The normalized spacial score (nSPS) is 26.8. The van der Waals surface area contributed by atoms with Crippen LogP contribution < -0.4 is 10.1 Å². The van der Waals surface area contributed by atoms with Gasteiger partial charge in [0.1, 0.15) is 11.4 Å². The summed E-state index contributed by atoms with van der Waals surface area (Å²) >= 11 is 0. The van der Waals surface area contributed by atoms with Gasteiger partial charge in [0, 0.05) is 18.0 Å². The fourth-order valence-corrected chi connectivity index (χ4v) is 3.31. The highest BCUT2D eigenvalue weighted by molar-refractivity contribution is 5.41. The van der Waals surface area contributed by atoms with Gasteiger partial charge in [0.25, 0.3) is 0 Å². The van der Waals surface area contributed by atoms with Gasteiger partial charge in [-0.2, -0.15) is 0 Å². The molecule has 0 spiro atoms. The zero-order valence-corrected chi connectivity index (χ0v) is 13.6. The van der Waals surface area contributed by atoms with E-state index >= 15 is 0 Å². The maximum Gasteiger partial charge on any atom is 0.124 e. The lowest BCUT2D eigenvalue weighted by Crippen LogP contribution is -2.44. The van der Waals surface area contributed by atoms with Crippen molar-refractivity contribution in [3.05, 3.63) is 29.3 Å². The van der Waals surface area contributed by atoms with Crippen LogP contribution >= 0.6 is 0 Å². The molecule has 0 bridgehead atoms. The molecule has 1 aromatic rings. The molecule has 20 heavy (non-hydrogen) atoms. The SMILES string of the molecule is CCC(C)CC1(CC)CC(NC)c2cc(C)ccc2O1. The second-order valence-electron chi connectivity index (χ2n) is 6.44. The van der Waals surface area contributed by atoms with Crippen molar-refractivity contribution >= 4 is 0 Å². The van der Waals surface area contributed by atoms with Gasteiger partial charge in [0.05, 0.1) is 0 Å². The summed E-state index contributed by atoms with van der Waals surface area (Å²) in [5.41, 5.74) is 2.62. The molecule has 0 aliphatic carbocycles. The molecule has 0 saturated heterocycles. The van der Waals surface area contributed by atoms with Crippen LogP contribution in [0.1, 0.15) is 63.6 Å². The molecule has 2 nitrogen and oxygen atoms in total. The first-order valence-corrected chi connectivity index (χ1v) is 8.00. The summed E-state index contributed by atoms with van der Waals surface area (Å²) < 4.78 is 6.49. The molecule has 0 amide bonds. The third-order valence-electron chi connectivity index (χ3n) is 4.85. The summed E-state index contributed by atoms with van der Waals surface area (Å²) in [4.78, 5) is 0. The van der Waals surface area contributed by atoms with Crippen LogP contribution in [0.5, 0.6) is 5.75 Å². The predicted molar refractivity (Wildman–Crippen MR) is 85.3 cm³/mol. The Morgan fingerprint density at radius 1 is 1.40 bits per heavy atom. The molecule has 2 heteroatoms. The highest BCUT2D eigenvalue weighted by Crippen LogP contribution is 2.44. The van der Waals surface area contributed by atoms with E-state index in [4.69, 9.17) is 4.74 Å². The molecule has 112 valence electrons. The van der Waals surface area contributed by atoms with E-state index in [9.17, 15) is 0 Å². The molecule has 1 N–H and O–H groups in total. The average molecular weight is 275 g/mol. The Hall–Kier alpha value is -1.02. The molecular formula is C18H29NO. The van der Waals surface area contributed by atoms with Crippen molar-refractivity contribution in [2.24, 2.45) is 5.92 Å². The Morgan fingerprint density at radius 3 is 2.75 bits per heavy atom. The van der Waals surface area contributed by atoms with E-state index in [2.05, 4.69) is 58.3 Å². The standard InChI is InChI=1S/C18H29NO/c1-6-13(3)11-18(7-2)12-16(19-5)15-10-14(4)8-9-17(15)20-18/h8-10,13,16,19H,6-7,11-12H2,1-5H3. The molecule has 3 unspecified atom stereocenters. The lowest BCUT2D eigenvalue weighted by molar-refractivity contribution is 0.00652. The first-order valence-electron chi connectivity index (χ1n) is 8.00. The van der Waals surface area contributed by atoms with Crippen molar-refractivity contribution in [1.29, 1.82) is 0 Å². The summed E-state index contributed by atoms with van der Waals surface area (Å²) in [5, 5.41) is 3.49. The van der Waals surface area contributed by atoms with E-state index in [1.54, 1.807) is 0 Å². The molecule has 1 aliphatic rings. The Balaban J connectivity index is 2.33. The fourth-order valence-electron chi connectivity index (χ4n) is 3.31. The Labute approximate surface area is 123 Å². The summed E-state index contributed by atoms with van der Waals surface area (Å²) in [7, 11) is 2.06. The maximum absolute atomic E-state index is 6.49. The van der Waals surface area contributed by atoms with E-state index in [-0.39, 0.29) is 5.60 Å². The molecule has 0 aromatic heterocycles. The van der Waals surface area contributed by atoms with Crippen LogP contribution in [0.4, 0.5) is 0 Å². The highest BCUT2D eigenvalue weighted by Gasteiger charge is 2.39. The number of nitrogens with one attached hydrogen (secondary N) is 1. The predicted octanol–water partition coefficient (Wildman–Crippen LogP) is 4.62. The van der Waals surface area contributed by atoms with Gasteiger partial charge in [-0.25, -0.2) is 0 Å². The first-order chi connectivity index (χ1) is 9.53. The molecule has 1 aromatic carbocycles. The number of aryl methyl sites for hydroxylation is 1. The molecule has 0 saturated carbocycles. The van der Waals surface area contributed by atoms with Gasteiger partial charge < -0.3 is 10.1 Å². The summed E-state index contributed by atoms with van der Waals surface area (Å²) in [5.74, 6) is 1.78. The van der Waals surface area contributed by atoms with Gasteiger partial charge >= 0.3 is 0 Å². The van der Waals surface area contributed by atoms with E-state index in [0.717, 1.165) is 25.0 Å². The van der Waals surface area contributed by atoms with E-state index in [1.807, 2.05) is 0 Å². The zero-order chi connectivity index (χ0) is 14.8. The number of hydrogen-bond donors (Lipinski definition) is 1.